The van der Waals surface area contributed by atoms with Crippen LogP contribution in [0, 0.1) is 13.8 Å². The summed E-state index contributed by atoms with van der Waals surface area (Å²) in [4.78, 5) is 28.6. The lowest BCUT2D eigenvalue weighted by atomic mass is 10.0. The summed E-state index contributed by atoms with van der Waals surface area (Å²) < 4.78 is 30.4. The van der Waals surface area contributed by atoms with Gasteiger partial charge in [-0.15, -0.1) is 0 Å². The number of hydrogen-bond donors (Lipinski definition) is 1. The van der Waals surface area contributed by atoms with Crippen LogP contribution in [0.3, 0.4) is 0 Å². The topological polar surface area (TPSA) is 142 Å². The van der Waals surface area contributed by atoms with Crippen molar-refractivity contribution in [1.82, 2.24) is 4.72 Å². The number of carbonyl (C=O) groups is 2. The Morgan fingerprint density at radius 3 is 2.50 bits per heavy atom. The minimum absolute atomic E-state index is 0.263. The fourth-order valence-electron chi connectivity index (χ4n) is 2.47. The van der Waals surface area contributed by atoms with Crippen molar-refractivity contribution in [3.05, 3.63) is 33.7 Å². The van der Waals surface area contributed by atoms with E-state index < -0.39 is 33.7 Å². The second-order valence-corrected chi connectivity index (χ2v) is 7.42. The van der Waals surface area contributed by atoms with Gasteiger partial charge in [-0.3, -0.25) is 9.69 Å². The highest BCUT2D eigenvalue weighted by Crippen LogP contribution is 2.34. The van der Waals surface area contributed by atoms with Crippen LogP contribution in [-0.4, -0.2) is 46.2 Å². The zero-order valence-electron chi connectivity index (χ0n) is 15.2. The summed E-state index contributed by atoms with van der Waals surface area (Å²) in [6, 6.07) is 2.10. The van der Waals surface area contributed by atoms with Crippen LogP contribution in [0.2, 0.25) is 0 Å². The zero-order chi connectivity index (χ0) is 20.1. The molecule has 10 nitrogen and oxygen atoms in total. The lowest BCUT2D eigenvalue weighted by Crippen LogP contribution is -2.48. The van der Waals surface area contributed by atoms with E-state index in [0.29, 0.717) is 16.8 Å². The largest absolute Gasteiger partial charge is 0.467 e. The minimum atomic E-state index is -3.86. The molecule has 0 heterocycles. The molecule has 1 unspecified atom stereocenters. The number of nitrogens with one attached hydrogen (secondary N) is 1. The molecule has 0 saturated carbocycles. The number of ether oxygens (including phenoxy) is 1. The molecule has 0 aliphatic rings. The van der Waals surface area contributed by atoms with E-state index in [0.717, 1.165) is 4.90 Å². The van der Waals surface area contributed by atoms with E-state index in [1.807, 2.05) is 0 Å². The molecule has 1 amide bonds. The van der Waals surface area contributed by atoms with Crippen LogP contribution >= 0.6 is 0 Å². The molecule has 1 rings (SSSR count). The van der Waals surface area contributed by atoms with E-state index in [2.05, 4.69) is 14.7 Å². The van der Waals surface area contributed by atoms with Gasteiger partial charge in [-0.2, -0.15) is 0 Å². The maximum atomic E-state index is 12.7. The van der Waals surface area contributed by atoms with Gasteiger partial charge in [0.15, 0.2) is 0 Å². The number of amides is 1. The zero-order valence-corrected chi connectivity index (χ0v) is 16.0. The predicted octanol–water partition coefficient (Wildman–Crippen LogP) is 1.69. The molecule has 0 bridgehead atoms. The second kappa shape index (κ2) is 8.65. The smallest absolute Gasteiger partial charge is 0.328 e. The number of carbonyl (C=O) groups excluding carboxylic acids is 2. The fraction of sp³-hybridized carbons (Fsp3) is 0.467. The first-order chi connectivity index (χ1) is 12.1. The Balaban J connectivity index is 3.61. The van der Waals surface area contributed by atoms with Gasteiger partial charge in [0.25, 0.3) is 0 Å². The number of rotatable bonds is 7. The third-order valence-electron chi connectivity index (χ3n) is 3.82. The molecular formula is C15H21N5O5S. The summed E-state index contributed by atoms with van der Waals surface area (Å²) in [5.41, 5.74) is 10.3. The van der Waals surface area contributed by atoms with E-state index in [4.69, 9.17) is 10.3 Å². The molecule has 1 N–H and O–H groups in total. The van der Waals surface area contributed by atoms with Crippen molar-refractivity contribution in [2.45, 2.75) is 26.8 Å². The molecule has 0 aromatic heterocycles. The molecule has 0 radical (unpaired) electrons. The van der Waals surface area contributed by atoms with Gasteiger partial charge in [-0.05, 0) is 44.5 Å². The molecule has 1 atom stereocenters. The molecule has 1 aromatic rings. The van der Waals surface area contributed by atoms with Crippen LogP contribution in [0.1, 0.15) is 18.1 Å². The summed E-state index contributed by atoms with van der Waals surface area (Å²) >= 11 is 0. The Bertz CT molecular complexity index is 861. The van der Waals surface area contributed by atoms with E-state index in [1.54, 1.807) is 26.0 Å². The molecule has 0 aliphatic heterocycles. The number of azide groups is 1. The molecule has 1 aromatic carbocycles. The lowest BCUT2D eigenvalue weighted by molar-refractivity contribution is -0.142. The van der Waals surface area contributed by atoms with Crippen LogP contribution in [0.15, 0.2) is 17.2 Å². The maximum Gasteiger partial charge on any atom is 0.328 e. The summed E-state index contributed by atoms with van der Waals surface area (Å²) in [5.74, 6) is -2.38. The number of anilines is 1. The molecule has 0 aliphatic carbocycles. The van der Waals surface area contributed by atoms with E-state index >= 15 is 0 Å². The van der Waals surface area contributed by atoms with Gasteiger partial charge in [0.1, 0.15) is 11.8 Å². The van der Waals surface area contributed by atoms with Gasteiger partial charge in [0.05, 0.1) is 12.8 Å². The van der Waals surface area contributed by atoms with Crippen molar-refractivity contribution in [2.24, 2.45) is 5.11 Å². The highest BCUT2D eigenvalue weighted by Gasteiger charge is 2.32. The summed E-state index contributed by atoms with van der Waals surface area (Å²) in [6.07, 6.45) is 0. The highest BCUT2D eigenvalue weighted by atomic mass is 32.2. The highest BCUT2D eigenvalue weighted by molar-refractivity contribution is 7.90. The summed E-state index contributed by atoms with van der Waals surface area (Å²) in [5, 5.41) is 3.56. The van der Waals surface area contributed by atoms with Crippen molar-refractivity contribution in [1.29, 1.82) is 0 Å². The monoisotopic (exact) mass is 383 g/mol. The molecule has 26 heavy (non-hydrogen) atoms. The van der Waals surface area contributed by atoms with Gasteiger partial charge >= 0.3 is 5.97 Å². The fourth-order valence-corrected chi connectivity index (χ4v) is 3.08. The van der Waals surface area contributed by atoms with Gasteiger partial charge < -0.3 is 4.74 Å². The Hall–Kier alpha value is -2.62. The Kier molecular flexibility index (Phi) is 7.13. The van der Waals surface area contributed by atoms with Crippen LogP contribution in [-0.2, 0) is 24.3 Å². The Morgan fingerprint density at radius 1 is 1.38 bits per heavy atom. The van der Waals surface area contributed by atoms with Gasteiger partial charge in [-0.25, -0.2) is 17.9 Å². The number of esters is 1. The normalized spacial score (nSPS) is 12.0. The van der Waals surface area contributed by atoms with Crippen molar-refractivity contribution in [2.75, 3.05) is 24.8 Å². The maximum absolute atomic E-state index is 12.7. The van der Waals surface area contributed by atoms with Crippen LogP contribution in [0.4, 0.5) is 11.4 Å². The molecule has 0 fully saturated rings. The first kappa shape index (κ1) is 21.4. The van der Waals surface area contributed by atoms with E-state index in [1.165, 1.54) is 21.1 Å². The average Bonchev–Trinajstić information content (AvgIpc) is 2.59. The summed E-state index contributed by atoms with van der Waals surface area (Å²) in [6.45, 7) is 4.73. The van der Waals surface area contributed by atoms with Crippen LogP contribution < -0.4 is 9.62 Å². The number of sulfonamides is 1. The van der Waals surface area contributed by atoms with Gasteiger partial charge in [-0.1, -0.05) is 17.2 Å². The van der Waals surface area contributed by atoms with Crippen LogP contribution in [0.5, 0.6) is 0 Å². The average molecular weight is 383 g/mol. The third kappa shape index (κ3) is 4.72. The molecule has 0 saturated heterocycles. The molecule has 11 heteroatoms. The molecule has 0 spiro atoms. The van der Waals surface area contributed by atoms with Crippen molar-refractivity contribution < 1.29 is 22.7 Å². The predicted molar refractivity (Wildman–Crippen MR) is 96.5 cm³/mol. The van der Waals surface area contributed by atoms with Crippen LogP contribution in [0.25, 0.3) is 10.4 Å². The standard InChI is InChI=1S/C15H21N5O5S/c1-9-6-7-12(18-19-16)10(2)14(9)20(11(3)15(22)25-5)13(21)8-26(23,24)17-4/h6-7,11,17H,8H2,1-5H3. The number of hydrogen-bond acceptors (Lipinski definition) is 6. The number of benzene rings is 1. The SMILES string of the molecule is CNS(=O)(=O)CC(=O)N(c1c(C)ccc(N=[N+]=[N-])c1C)C(C)C(=O)OC. The first-order valence-electron chi connectivity index (χ1n) is 7.56. The first-order valence-corrected chi connectivity index (χ1v) is 9.21. The third-order valence-corrected chi connectivity index (χ3v) is 5.07. The number of methoxy groups -OCH3 is 1. The quantitative estimate of drug-likeness (QED) is 0.330. The van der Waals surface area contributed by atoms with Gasteiger partial charge in [0, 0.05) is 10.6 Å². The number of aryl methyl sites for hydroxylation is 1. The van der Waals surface area contributed by atoms with E-state index in [-0.39, 0.29) is 5.69 Å². The van der Waals surface area contributed by atoms with Gasteiger partial charge in [0.2, 0.25) is 15.9 Å². The van der Waals surface area contributed by atoms with E-state index in [9.17, 15) is 18.0 Å². The Labute approximate surface area is 151 Å². The molecular weight excluding hydrogens is 362 g/mol. The summed E-state index contributed by atoms with van der Waals surface area (Å²) in [7, 11) is -1.50. The lowest BCUT2D eigenvalue weighted by Gasteiger charge is -2.30. The minimum Gasteiger partial charge on any atom is -0.467 e. The second-order valence-electron chi connectivity index (χ2n) is 5.49. The van der Waals surface area contributed by atoms with Crippen molar-refractivity contribution >= 4 is 33.3 Å². The molecule has 142 valence electrons. The van der Waals surface area contributed by atoms with Crippen molar-refractivity contribution in [3.8, 4) is 0 Å². The number of nitrogens with zero attached hydrogens (tertiary/aromatic N) is 4. The van der Waals surface area contributed by atoms with Crippen molar-refractivity contribution in [3.63, 3.8) is 0 Å². The Morgan fingerprint density at radius 2 is 2.00 bits per heavy atom.